The first kappa shape index (κ1) is 16.0. The lowest BCUT2D eigenvalue weighted by Crippen LogP contribution is -2.31. The van der Waals surface area contributed by atoms with Crippen molar-refractivity contribution < 1.29 is 4.74 Å². The van der Waals surface area contributed by atoms with Crippen molar-refractivity contribution in [2.45, 2.75) is 58.9 Å². The predicted molar refractivity (Wildman–Crippen MR) is 83.2 cm³/mol. The topological polar surface area (TPSA) is 21.3 Å². The molecule has 0 aromatic heterocycles. The lowest BCUT2D eigenvalue weighted by molar-refractivity contribution is 0.261. The molecule has 0 heterocycles. The van der Waals surface area contributed by atoms with Crippen molar-refractivity contribution in [2.75, 3.05) is 13.7 Å². The molecule has 108 valence electrons. The summed E-state index contributed by atoms with van der Waals surface area (Å²) in [4.78, 5) is 0. The van der Waals surface area contributed by atoms with Crippen molar-refractivity contribution in [1.29, 1.82) is 0 Å². The molecule has 19 heavy (non-hydrogen) atoms. The molecule has 1 rings (SSSR count). The molecule has 0 radical (unpaired) electrons. The molecule has 2 nitrogen and oxygen atoms in total. The van der Waals surface area contributed by atoms with Gasteiger partial charge >= 0.3 is 0 Å². The molecule has 1 atom stereocenters. The quantitative estimate of drug-likeness (QED) is 0.840. The van der Waals surface area contributed by atoms with Gasteiger partial charge in [-0.1, -0.05) is 46.8 Å². The Labute approximate surface area is 118 Å². The van der Waals surface area contributed by atoms with E-state index in [2.05, 4.69) is 58.1 Å². The third kappa shape index (κ3) is 4.54. The van der Waals surface area contributed by atoms with Gasteiger partial charge in [0, 0.05) is 6.04 Å². The Balaban J connectivity index is 2.93. The predicted octanol–water partition coefficient (Wildman–Crippen LogP) is 3.92. The summed E-state index contributed by atoms with van der Waals surface area (Å²) < 4.78 is 6.04. The summed E-state index contributed by atoms with van der Waals surface area (Å²) in [6.07, 6.45) is 2.14. The number of benzene rings is 1. The lowest BCUT2D eigenvalue weighted by Gasteiger charge is -2.25. The van der Waals surface area contributed by atoms with E-state index in [4.69, 9.17) is 4.74 Å². The smallest absolute Gasteiger partial charge is 0.123 e. The molecular weight excluding hydrogens is 234 g/mol. The van der Waals surface area contributed by atoms with E-state index in [-0.39, 0.29) is 5.41 Å². The highest BCUT2D eigenvalue weighted by molar-refractivity contribution is 5.41. The van der Waals surface area contributed by atoms with E-state index in [1.54, 1.807) is 0 Å². The van der Waals surface area contributed by atoms with E-state index < -0.39 is 0 Å². The number of aryl methyl sites for hydroxylation is 1. The summed E-state index contributed by atoms with van der Waals surface area (Å²) in [5.74, 6) is 1.03. The zero-order chi connectivity index (χ0) is 14.5. The lowest BCUT2D eigenvalue weighted by atomic mass is 9.85. The van der Waals surface area contributed by atoms with Crippen LogP contribution in [0.3, 0.4) is 0 Å². The third-order valence-electron chi connectivity index (χ3n) is 3.60. The number of likely N-dealkylation sites (N-methyl/N-ethyl adjacent to an activating group) is 1. The van der Waals surface area contributed by atoms with E-state index >= 15 is 0 Å². The average Bonchev–Trinajstić information content (AvgIpc) is 2.39. The van der Waals surface area contributed by atoms with E-state index in [0.29, 0.717) is 6.04 Å². The highest BCUT2D eigenvalue weighted by Gasteiger charge is 2.20. The van der Waals surface area contributed by atoms with E-state index in [0.717, 1.165) is 25.2 Å². The number of ether oxygens (including phenoxy) is 1. The molecule has 0 aliphatic rings. The van der Waals surface area contributed by atoms with Crippen molar-refractivity contribution in [3.05, 3.63) is 29.3 Å². The fraction of sp³-hybridized carbons (Fsp3) is 0.647. The Hall–Kier alpha value is -1.02. The molecule has 0 aliphatic carbocycles. The van der Waals surface area contributed by atoms with Gasteiger partial charge in [0.1, 0.15) is 12.4 Å². The fourth-order valence-electron chi connectivity index (χ4n) is 2.10. The molecule has 0 saturated heterocycles. The Morgan fingerprint density at radius 3 is 2.37 bits per heavy atom. The molecule has 0 fully saturated rings. The number of hydrogen-bond acceptors (Lipinski definition) is 2. The Morgan fingerprint density at radius 1 is 1.21 bits per heavy atom. The van der Waals surface area contributed by atoms with Crippen LogP contribution in [0, 0.1) is 0 Å². The number of nitrogens with one attached hydrogen (secondary N) is 1. The molecule has 0 saturated carbocycles. The van der Waals surface area contributed by atoms with Crippen LogP contribution in [0.2, 0.25) is 0 Å². The van der Waals surface area contributed by atoms with Gasteiger partial charge in [-0.15, -0.1) is 0 Å². The van der Waals surface area contributed by atoms with Crippen LogP contribution in [0.5, 0.6) is 5.75 Å². The largest absolute Gasteiger partial charge is 0.492 e. The van der Waals surface area contributed by atoms with Crippen LogP contribution in [-0.4, -0.2) is 19.7 Å². The average molecular weight is 263 g/mol. The van der Waals surface area contributed by atoms with Crippen LogP contribution < -0.4 is 10.1 Å². The van der Waals surface area contributed by atoms with Crippen LogP contribution >= 0.6 is 0 Å². The van der Waals surface area contributed by atoms with Crippen molar-refractivity contribution in [1.82, 2.24) is 5.32 Å². The van der Waals surface area contributed by atoms with Crippen LogP contribution in [-0.2, 0) is 11.8 Å². The second-order valence-corrected chi connectivity index (χ2v) is 6.14. The molecule has 0 spiro atoms. The molecular formula is C17H29NO. The Kier molecular flexibility index (Phi) is 5.86. The minimum Gasteiger partial charge on any atom is -0.492 e. The maximum absolute atomic E-state index is 6.04. The van der Waals surface area contributed by atoms with Crippen molar-refractivity contribution in [3.8, 4) is 5.75 Å². The maximum atomic E-state index is 6.04. The van der Waals surface area contributed by atoms with Crippen LogP contribution in [0.1, 0.15) is 52.2 Å². The van der Waals surface area contributed by atoms with Gasteiger partial charge in [0.2, 0.25) is 0 Å². The zero-order valence-corrected chi connectivity index (χ0v) is 13.3. The standard InChI is InChI=1S/C17H29NO/c1-7-13-9-10-16(15(11-13)17(3,4)5)19-12-14(8-2)18-6/h9-11,14,18H,7-8,12H2,1-6H3. The van der Waals surface area contributed by atoms with Gasteiger partial charge < -0.3 is 10.1 Å². The van der Waals surface area contributed by atoms with Crippen LogP contribution in [0.15, 0.2) is 18.2 Å². The number of rotatable bonds is 6. The van der Waals surface area contributed by atoms with Crippen molar-refractivity contribution in [3.63, 3.8) is 0 Å². The van der Waals surface area contributed by atoms with Gasteiger partial charge in [0.05, 0.1) is 0 Å². The Bertz CT molecular complexity index is 389. The summed E-state index contributed by atoms with van der Waals surface area (Å²) in [6, 6.07) is 7.00. The van der Waals surface area contributed by atoms with Gasteiger partial charge in [-0.2, -0.15) is 0 Å². The Morgan fingerprint density at radius 2 is 1.89 bits per heavy atom. The second-order valence-electron chi connectivity index (χ2n) is 6.14. The summed E-state index contributed by atoms with van der Waals surface area (Å²) in [5.41, 5.74) is 2.79. The van der Waals surface area contributed by atoms with Gasteiger partial charge in [-0.3, -0.25) is 0 Å². The first-order chi connectivity index (χ1) is 8.92. The fourth-order valence-corrected chi connectivity index (χ4v) is 2.10. The molecule has 1 aromatic rings. The van der Waals surface area contributed by atoms with Gasteiger partial charge in [0.25, 0.3) is 0 Å². The zero-order valence-electron chi connectivity index (χ0n) is 13.3. The van der Waals surface area contributed by atoms with Crippen molar-refractivity contribution >= 4 is 0 Å². The van der Waals surface area contributed by atoms with Gasteiger partial charge in [-0.05, 0) is 42.5 Å². The SMILES string of the molecule is CCc1ccc(OCC(CC)NC)c(C(C)(C)C)c1. The van der Waals surface area contributed by atoms with E-state index in [9.17, 15) is 0 Å². The summed E-state index contributed by atoms with van der Waals surface area (Å²) in [5, 5.41) is 3.28. The van der Waals surface area contributed by atoms with Crippen molar-refractivity contribution in [2.24, 2.45) is 0 Å². The highest BCUT2D eigenvalue weighted by atomic mass is 16.5. The second kappa shape index (κ2) is 6.95. The monoisotopic (exact) mass is 263 g/mol. The summed E-state index contributed by atoms with van der Waals surface area (Å²) in [7, 11) is 1.99. The minimum atomic E-state index is 0.113. The van der Waals surface area contributed by atoms with E-state index in [1.165, 1.54) is 11.1 Å². The maximum Gasteiger partial charge on any atom is 0.123 e. The molecule has 2 heteroatoms. The normalized spacial score (nSPS) is 13.4. The van der Waals surface area contributed by atoms with Crippen LogP contribution in [0.4, 0.5) is 0 Å². The molecule has 0 bridgehead atoms. The van der Waals surface area contributed by atoms with Crippen LogP contribution in [0.25, 0.3) is 0 Å². The first-order valence-corrected chi connectivity index (χ1v) is 7.35. The molecule has 1 unspecified atom stereocenters. The van der Waals surface area contributed by atoms with Gasteiger partial charge in [-0.25, -0.2) is 0 Å². The number of hydrogen-bond donors (Lipinski definition) is 1. The molecule has 0 amide bonds. The first-order valence-electron chi connectivity index (χ1n) is 7.35. The molecule has 0 aliphatic heterocycles. The van der Waals surface area contributed by atoms with Gasteiger partial charge in [0.15, 0.2) is 0 Å². The summed E-state index contributed by atoms with van der Waals surface area (Å²) >= 11 is 0. The molecule has 1 N–H and O–H groups in total. The highest BCUT2D eigenvalue weighted by Crippen LogP contribution is 2.32. The summed E-state index contributed by atoms with van der Waals surface area (Å²) in [6.45, 7) is 11.8. The van der Waals surface area contributed by atoms with E-state index in [1.807, 2.05) is 7.05 Å². The molecule has 1 aromatic carbocycles. The third-order valence-corrected chi connectivity index (χ3v) is 3.60. The minimum absolute atomic E-state index is 0.113.